The Hall–Kier alpha value is -2.32. The number of hydroxylamine groups is 1. The molecule has 0 aromatic rings. The predicted octanol–water partition coefficient (Wildman–Crippen LogP) is 3.62. The minimum atomic E-state index is -0.721. The Morgan fingerprint density at radius 1 is 0.784 bits per heavy atom. The zero-order valence-corrected chi connectivity index (χ0v) is 31.4. The average Bonchev–Trinajstić information content (AvgIpc) is 3.45. The zero-order chi connectivity index (χ0) is 37.0. The SMILES string of the molecule is CCOCCNC(=O)COCCOCCNC(=O)CCC(=O)NO[C@H]1CC[C@@]2(C)[C@@H](C1)C[C@H](O)[C@H]1C3CC[C@H]([C@H](C)CCC(=O)O)[C@@]3(C)CC[C@@H]12. The van der Waals surface area contributed by atoms with Gasteiger partial charge in [0.1, 0.15) is 6.61 Å². The fraction of sp³-hybridized carbons (Fsp3) is 0.895. The van der Waals surface area contributed by atoms with E-state index in [1.54, 1.807) is 0 Å². The Kier molecular flexibility index (Phi) is 16.0. The molecule has 292 valence electrons. The maximum atomic E-state index is 12.5. The maximum Gasteiger partial charge on any atom is 0.303 e. The van der Waals surface area contributed by atoms with E-state index in [-0.39, 0.29) is 85.8 Å². The molecule has 4 fully saturated rings. The van der Waals surface area contributed by atoms with Crippen LogP contribution in [-0.2, 0) is 38.2 Å². The number of nitrogens with one attached hydrogen (secondary N) is 3. The second kappa shape index (κ2) is 19.7. The van der Waals surface area contributed by atoms with Crippen molar-refractivity contribution in [2.75, 3.05) is 52.7 Å². The second-order valence-corrected chi connectivity index (χ2v) is 16.0. The average molecular weight is 724 g/mol. The summed E-state index contributed by atoms with van der Waals surface area (Å²) in [6.45, 7) is 11.6. The van der Waals surface area contributed by atoms with Gasteiger partial charge in [-0.1, -0.05) is 20.8 Å². The first-order valence-corrected chi connectivity index (χ1v) is 19.5. The van der Waals surface area contributed by atoms with Crippen LogP contribution in [0.25, 0.3) is 0 Å². The minimum absolute atomic E-state index is 0.0135. The van der Waals surface area contributed by atoms with Crippen LogP contribution in [0.1, 0.15) is 105 Å². The number of hydrogen-bond acceptors (Lipinski definition) is 9. The van der Waals surface area contributed by atoms with Crippen LogP contribution in [0.3, 0.4) is 0 Å². The van der Waals surface area contributed by atoms with Crippen LogP contribution in [0, 0.1) is 46.3 Å². The lowest BCUT2D eigenvalue weighted by molar-refractivity contribution is -0.186. The van der Waals surface area contributed by atoms with Crippen molar-refractivity contribution in [3.8, 4) is 0 Å². The van der Waals surface area contributed by atoms with Gasteiger partial charge in [-0.3, -0.25) is 24.0 Å². The molecular weight excluding hydrogens is 658 g/mol. The van der Waals surface area contributed by atoms with Crippen molar-refractivity contribution in [2.24, 2.45) is 46.3 Å². The normalized spacial score (nSPS) is 33.3. The van der Waals surface area contributed by atoms with Crippen LogP contribution in [0.4, 0.5) is 0 Å². The Morgan fingerprint density at radius 3 is 2.20 bits per heavy atom. The lowest BCUT2D eigenvalue weighted by Gasteiger charge is -2.62. The molecule has 4 rings (SSSR count). The highest BCUT2D eigenvalue weighted by molar-refractivity contribution is 5.83. The van der Waals surface area contributed by atoms with Gasteiger partial charge in [-0.15, -0.1) is 0 Å². The van der Waals surface area contributed by atoms with Gasteiger partial charge in [-0.25, -0.2) is 5.48 Å². The van der Waals surface area contributed by atoms with Crippen molar-refractivity contribution in [1.29, 1.82) is 0 Å². The molecule has 0 bridgehead atoms. The summed E-state index contributed by atoms with van der Waals surface area (Å²) in [5.41, 5.74) is 2.85. The van der Waals surface area contributed by atoms with Gasteiger partial charge in [0.25, 0.3) is 0 Å². The molecule has 0 aromatic carbocycles. The van der Waals surface area contributed by atoms with Gasteiger partial charge in [0, 0.05) is 39.0 Å². The largest absolute Gasteiger partial charge is 0.481 e. The van der Waals surface area contributed by atoms with Crippen molar-refractivity contribution in [3.63, 3.8) is 0 Å². The zero-order valence-electron chi connectivity index (χ0n) is 31.4. The summed E-state index contributed by atoms with van der Waals surface area (Å²) < 4.78 is 15.8. The summed E-state index contributed by atoms with van der Waals surface area (Å²) in [5, 5.41) is 26.3. The van der Waals surface area contributed by atoms with E-state index >= 15 is 0 Å². The fourth-order valence-electron chi connectivity index (χ4n) is 10.4. The molecule has 0 heterocycles. The van der Waals surface area contributed by atoms with E-state index in [9.17, 15) is 29.4 Å². The number of aliphatic hydroxyl groups excluding tert-OH is 1. The maximum absolute atomic E-state index is 12.5. The third-order valence-corrected chi connectivity index (χ3v) is 13.1. The van der Waals surface area contributed by atoms with Crippen LogP contribution in [-0.4, -0.2) is 98.8 Å². The van der Waals surface area contributed by atoms with Crippen LogP contribution in [0.5, 0.6) is 0 Å². The van der Waals surface area contributed by atoms with E-state index < -0.39 is 5.97 Å². The van der Waals surface area contributed by atoms with Crippen molar-refractivity contribution < 1.29 is 48.4 Å². The summed E-state index contributed by atoms with van der Waals surface area (Å²) in [6.07, 6.45) is 8.38. The van der Waals surface area contributed by atoms with Crippen molar-refractivity contribution >= 4 is 23.7 Å². The first-order chi connectivity index (χ1) is 24.4. The molecule has 0 saturated heterocycles. The fourth-order valence-corrected chi connectivity index (χ4v) is 10.4. The molecular formula is C38H65N3O10. The highest BCUT2D eigenvalue weighted by Gasteiger charge is 2.63. The second-order valence-electron chi connectivity index (χ2n) is 16.0. The first-order valence-electron chi connectivity index (χ1n) is 19.5. The number of rotatable bonds is 21. The van der Waals surface area contributed by atoms with Gasteiger partial charge >= 0.3 is 5.97 Å². The number of carboxylic acids is 1. The van der Waals surface area contributed by atoms with Gasteiger partial charge in [0.05, 0.1) is 38.6 Å². The topological polar surface area (TPSA) is 182 Å². The summed E-state index contributed by atoms with van der Waals surface area (Å²) in [4.78, 5) is 53.5. The molecule has 4 aliphatic rings. The molecule has 0 spiro atoms. The highest BCUT2D eigenvalue weighted by Crippen LogP contribution is 2.68. The molecule has 0 radical (unpaired) electrons. The molecule has 3 amide bonds. The van der Waals surface area contributed by atoms with E-state index in [0.717, 1.165) is 57.8 Å². The molecule has 0 aromatic heterocycles. The monoisotopic (exact) mass is 723 g/mol. The number of amides is 3. The summed E-state index contributed by atoms with van der Waals surface area (Å²) >= 11 is 0. The predicted molar refractivity (Wildman–Crippen MR) is 189 cm³/mol. The van der Waals surface area contributed by atoms with Gasteiger partial charge in [0.15, 0.2) is 0 Å². The van der Waals surface area contributed by atoms with E-state index in [1.165, 1.54) is 0 Å². The molecule has 13 nitrogen and oxygen atoms in total. The third-order valence-electron chi connectivity index (χ3n) is 13.1. The van der Waals surface area contributed by atoms with Gasteiger partial charge in [0.2, 0.25) is 17.7 Å². The van der Waals surface area contributed by atoms with E-state index in [4.69, 9.17) is 19.0 Å². The molecule has 4 aliphatic carbocycles. The smallest absolute Gasteiger partial charge is 0.303 e. The number of carboxylic acid groups (broad SMARTS) is 1. The molecule has 13 heteroatoms. The third kappa shape index (κ3) is 11.1. The standard InChI is InChI=1S/C38H65N3O10/c1-5-48-18-16-40-34(45)24-50-21-20-49-19-17-39-32(43)9-10-33(44)41-51-27-12-14-37(3)26(22-27)23-31(42)36-29-8-7-28(25(2)6-11-35(46)47)38(29,4)15-13-30(36)37/h25-31,36,42H,5-24H2,1-4H3,(H,39,43)(H,40,45)(H,41,44)(H,46,47)/t25-,26+,27+,28-,29?,30+,31+,36+,37+,38-/m1/s1. The molecule has 4 saturated carbocycles. The van der Waals surface area contributed by atoms with Gasteiger partial charge in [-0.2, -0.15) is 0 Å². The number of aliphatic carboxylic acids is 1. The number of hydrogen-bond donors (Lipinski definition) is 5. The quantitative estimate of drug-likeness (QED) is 0.0867. The van der Waals surface area contributed by atoms with Crippen LogP contribution >= 0.6 is 0 Å². The summed E-state index contributed by atoms with van der Waals surface area (Å²) in [7, 11) is 0. The number of carbonyl (C=O) groups is 4. The lowest BCUT2D eigenvalue weighted by Crippen LogP contribution is -2.59. The Labute approximate surface area is 304 Å². The van der Waals surface area contributed by atoms with Crippen LogP contribution in [0.2, 0.25) is 0 Å². The number of fused-ring (bicyclic) bond motifs is 5. The van der Waals surface area contributed by atoms with Crippen LogP contribution < -0.4 is 16.1 Å². The Balaban J connectivity index is 1.10. The first kappa shape index (κ1) is 41.4. The molecule has 1 unspecified atom stereocenters. The van der Waals surface area contributed by atoms with E-state index in [2.05, 4.69) is 36.9 Å². The van der Waals surface area contributed by atoms with E-state index in [0.29, 0.717) is 62.5 Å². The molecule has 0 aliphatic heterocycles. The number of carbonyl (C=O) groups excluding carboxylic acids is 3. The Morgan fingerprint density at radius 2 is 1.45 bits per heavy atom. The van der Waals surface area contributed by atoms with Crippen molar-refractivity contribution in [2.45, 2.75) is 117 Å². The molecule has 51 heavy (non-hydrogen) atoms. The lowest BCUT2D eigenvalue weighted by atomic mass is 9.43. The van der Waals surface area contributed by atoms with Crippen LogP contribution in [0.15, 0.2) is 0 Å². The molecule has 10 atom stereocenters. The number of aliphatic hydroxyl groups is 1. The van der Waals surface area contributed by atoms with Gasteiger partial charge < -0.3 is 35.1 Å². The van der Waals surface area contributed by atoms with E-state index in [1.807, 2.05) is 6.92 Å². The van der Waals surface area contributed by atoms with Crippen molar-refractivity contribution in [1.82, 2.24) is 16.1 Å². The summed E-state index contributed by atoms with van der Waals surface area (Å²) in [5.74, 6) is 0.888. The summed E-state index contributed by atoms with van der Waals surface area (Å²) in [6, 6.07) is 0. The highest BCUT2D eigenvalue weighted by atomic mass is 16.7. The van der Waals surface area contributed by atoms with Crippen molar-refractivity contribution in [3.05, 3.63) is 0 Å². The minimum Gasteiger partial charge on any atom is -0.481 e. The Bertz CT molecular complexity index is 1160. The molecule has 5 N–H and O–H groups in total. The number of ether oxygens (including phenoxy) is 3. The van der Waals surface area contributed by atoms with Gasteiger partial charge in [-0.05, 0) is 111 Å².